The quantitative estimate of drug-likeness (QED) is 0.861. The number of aromatic nitrogens is 2. The van der Waals surface area contributed by atoms with Gasteiger partial charge in [-0.2, -0.15) is 0 Å². The summed E-state index contributed by atoms with van der Waals surface area (Å²) in [5.74, 6) is -0.551. The highest BCUT2D eigenvalue weighted by molar-refractivity contribution is 7.15. The first-order valence-corrected chi connectivity index (χ1v) is 9.45. The third-order valence-electron chi connectivity index (χ3n) is 4.31. The van der Waals surface area contributed by atoms with Crippen molar-refractivity contribution in [3.05, 3.63) is 34.8 Å². The average molecular weight is 358 g/mol. The molecular weight excluding hydrogens is 336 g/mol. The summed E-state index contributed by atoms with van der Waals surface area (Å²) in [7, 11) is 0. The van der Waals surface area contributed by atoms with Crippen LogP contribution in [0.15, 0.2) is 24.3 Å². The highest BCUT2D eigenvalue weighted by Gasteiger charge is 2.35. The highest BCUT2D eigenvalue weighted by atomic mass is 32.1. The van der Waals surface area contributed by atoms with Crippen molar-refractivity contribution in [3.8, 4) is 0 Å². The minimum absolute atomic E-state index is 0.0201. The molecule has 1 aliphatic rings. The minimum atomic E-state index is -0.364. The molecule has 2 aromatic rings. The van der Waals surface area contributed by atoms with Gasteiger partial charge in [0.15, 0.2) is 0 Å². The summed E-state index contributed by atoms with van der Waals surface area (Å²) in [5.41, 5.74) is 2.07. The first-order chi connectivity index (χ1) is 12.1. The number of carbonyl (C=O) groups is 2. The molecule has 1 aromatic carbocycles. The highest BCUT2D eigenvalue weighted by Crippen LogP contribution is 2.27. The Bertz CT molecular complexity index is 757. The second-order valence-corrected chi connectivity index (χ2v) is 7.23. The fourth-order valence-electron chi connectivity index (χ4n) is 2.87. The molecule has 2 heterocycles. The second kappa shape index (κ2) is 7.74. The predicted molar refractivity (Wildman–Crippen MR) is 98.8 cm³/mol. The topological polar surface area (TPSA) is 75.2 Å². The Labute approximate surface area is 151 Å². The van der Waals surface area contributed by atoms with Crippen LogP contribution >= 0.6 is 11.3 Å². The first kappa shape index (κ1) is 17.5. The zero-order valence-corrected chi connectivity index (χ0v) is 15.3. The standard InChI is InChI=1S/C18H22N4O2S/c1-3-5-15-20-21-18(25-15)19-17(24)13-10-16(23)22(11-13)14-8-6-12(4-2)7-9-14/h6-9,13H,3-5,10-11H2,1-2H3,(H,19,21,24)/t13-/m0/s1. The molecule has 0 bridgehead atoms. The van der Waals surface area contributed by atoms with Crippen LogP contribution in [-0.2, 0) is 22.4 Å². The molecule has 1 N–H and O–H groups in total. The third-order valence-corrected chi connectivity index (χ3v) is 5.21. The van der Waals surface area contributed by atoms with E-state index in [1.807, 2.05) is 24.3 Å². The van der Waals surface area contributed by atoms with E-state index in [9.17, 15) is 9.59 Å². The lowest BCUT2D eigenvalue weighted by Crippen LogP contribution is -2.28. The molecule has 0 spiro atoms. The maximum atomic E-state index is 12.5. The van der Waals surface area contributed by atoms with E-state index in [2.05, 4.69) is 29.4 Å². The van der Waals surface area contributed by atoms with E-state index in [0.717, 1.165) is 30.0 Å². The predicted octanol–water partition coefficient (Wildman–Crippen LogP) is 3.04. The van der Waals surface area contributed by atoms with E-state index in [4.69, 9.17) is 0 Å². The zero-order valence-electron chi connectivity index (χ0n) is 14.5. The molecule has 1 fully saturated rings. The summed E-state index contributed by atoms with van der Waals surface area (Å²) >= 11 is 1.39. The second-order valence-electron chi connectivity index (χ2n) is 6.17. The molecule has 6 nitrogen and oxygen atoms in total. The van der Waals surface area contributed by atoms with E-state index in [0.29, 0.717) is 11.7 Å². The number of hydrogen-bond donors (Lipinski definition) is 1. The summed E-state index contributed by atoms with van der Waals surface area (Å²) in [4.78, 5) is 26.4. The fourth-order valence-corrected chi connectivity index (χ4v) is 3.72. The van der Waals surface area contributed by atoms with Gasteiger partial charge in [0.25, 0.3) is 0 Å². The summed E-state index contributed by atoms with van der Waals surface area (Å²) in [6, 6.07) is 7.93. The molecule has 0 unspecified atom stereocenters. The lowest BCUT2D eigenvalue weighted by atomic mass is 10.1. The number of nitrogens with one attached hydrogen (secondary N) is 1. The maximum Gasteiger partial charge on any atom is 0.231 e. The van der Waals surface area contributed by atoms with Crippen molar-refractivity contribution in [3.63, 3.8) is 0 Å². The number of benzene rings is 1. The molecule has 1 aromatic heterocycles. The van der Waals surface area contributed by atoms with Crippen molar-refractivity contribution in [1.29, 1.82) is 0 Å². The Hall–Kier alpha value is -2.28. The Kier molecular flexibility index (Phi) is 5.43. The number of rotatable bonds is 6. The van der Waals surface area contributed by atoms with Crippen molar-refractivity contribution >= 4 is 34.0 Å². The van der Waals surface area contributed by atoms with Crippen molar-refractivity contribution in [2.75, 3.05) is 16.8 Å². The normalized spacial score (nSPS) is 17.1. The van der Waals surface area contributed by atoms with Gasteiger partial charge in [-0.25, -0.2) is 0 Å². The van der Waals surface area contributed by atoms with Crippen molar-refractivity contribution < 1.29 is 9.59 Å². The van der Waals surface area contributed by atoms with Crippen molar-refractivity contribution in [1.82, 2.24) is 10.2 Å². The van der Waals surface area contributed by atoms with Crippen LogP contribution < -0.4 is 10.2 Å². The third kappa shape index (κ3) is 4.04. The molecule has 3 rings (SSSR count). The van der Waals surface area contributed by atoms with E-state index in [-0.39, 0.29) is 24.2 Å². The Balaban J connectivity index is 1.63. The van der Waals surface area contributed by atoms with Gasteiger partial charge in [-0.15, -0.1) is 10.2 Å². The SMILES string of the molecule is CCCc1nnc(NC(=O)[C@H]2CC(=O)N(c3ccc(CC)cc3)C2)s1. The molecule has 0 saturated carbocycles. The van der Waals surface area contributed by atoms with Gasteiger partial charge in [-0.1, -0.05) is 37.3 Å². The van der Waals surface area contributed by atoms with Crippen LogP contribution in [0.1, 0.15) is 37.3 Å². The van der Waals surface area contributed by atoms with E-state index in [1.54, 1.807) is 4.90 Å². The molecule has 1 aliphatic heterocycles. The average Bonchev–Trinajstić information content (AvgIpc) is 3.22. The van der Waals surface area contributed by atoms with E-state index < -0.39 is 0 Å². The van der Waals surface area contributed by atoms with E-state index >= 15 is 0 Å². The van der Waals surface area contributed by atoms with Crippen LogP contribution in [0.5, 0.6) is 0 Å². The maximum absolute atomic E-state index is 12.5. The largest absolute Gasteiger partial charge is 0.312 e. The zero-order chi connectivity index (χ0) is 17.8. The number of carbonyl (C=O) groups excluding carboxylic acids is 2. The van der Waals surface area contributed by atoms with Gasteiger partial charge in [0.05, 0.1) is 5.92 Å². The Morgan fingerprint density at radius 3 is 2.72 bits per heavy atom. The lowest BCUT2D eigenvalue weighted by molar-refractivity contribution is -0.122. The van der Waals surface area contributed by atoms with E-state index in [1.165, 1.54) is 16.9 Å². The molecule has 132 valence electrons. The van der Waals surface area contributed by atoms with Crippen molar-refractivity contribution in [2.24, 2.45) is 5.92 Å². The van der Waals surface area contributed by atoms with Crippen LogP contribution in [0, 0.1) is 5.92 Å². The van der Waals surface area contributed by atoms with Crippen molar-refractivity contribution in [2.45, 2.75) is 39.5 Å². The molecule has 0 radical (unpaired) electrons. The smallest absolute Gasteiger partial charge is 0.231 e. The molecule has 2 amide bonds. The van der Waals surface area contributed by atoms with Crippen LogP contribution in [0.25, 0.3) is 0 Å². The van der Waals surface area contributed by atoms with Crippen LogP contribution in [0.3, 0.4) is 0 Å². The Morgan fingerprint density at radius 2 is 2.04 bits per heavy atom. The Morgan fingerprint density at radius 1 is 1.28 bits per heavy atom. The lowest BCUT2D eigenvalue weighted by Gasteiger charge is -2.16. The molecule has 25 heavy (non-hydrogen) atoms. The molecule has 1 saturated heterocycles. The number of aryl methyl sites for hydroxylation is 2. The molecule has 7 heteroatoms. The summed E-state index contributed by atoms with van der Waals surface area (Å²) < 4.78 is 0. The van der Waals surface area contributed by atoms with Gasteiger partial charge in [0.1, 0.15) is 5.01 Å². The number of amides is 2. The summed E-state index contributed by atoms with van der Waals surface area (Å²) in [6.07, 6.45) is 3.03. The number of nitrogens with zero attached hydrogens (tertiary/aromatic N) is 3. The van der Waals surface area contributed by atoms with Crippen LogP contribution in [0.4, 0.5) is 10.8 Å². The minimum Gasteiger partial charge on any atom is -0.312 e. The van der Waals surface area contributed by atoms with Gasteiger partial charge in [-0.3, -0.25) is 9.59 Å². The molecular formula is C18H22N4O2S. The first-order valence-electron chi connectivity index (χ1n) is 8.63. The van der Waals surface area contributed by atoms with Crippen LogP contribution in [-0.4, -0.2) is 28.6 Å². The van der Waals surface area contributed by atoms with Gasteiger partial charge in [-0.05, 0) is 30.5 Å². The number of hydrogen-bond acceptors (Lipinski definition) is 5. The fraction of sp³-hybridized carbons (Fsp3) is 0.444. The van der Waals surface area contributed by atoms with Gasteiger partial charge in [0, 0.05) is 25.1 Å². The van der Waals surface area contributed by atoms with Crippen LogP contribution in [0.2, 0.25) is 0 Å². The summed E-state index contributed by atoms with van der Waals surface area (Å²) in [6.45, 7) is 4.57. The monoisotopic (exact) mass is 358 g/mol. The molecule has 1 atom stereocenters. The van der Waals surface area contributed by atoms with Gasteiger partial charge >= 0.3 is 0 Å². The molecule has 0 aliphatic carbocycles. The summed E-state index contributed by atoms with van der Waals surface area (Å²) in [5, 5.41) is 12.3. The van der Waals surface area contributed by atoms with Gasteiger partial charge in [0.2, 0.25) is 16.9 Å². The number of anilines is 2. The van der Waals surface area contributed by atoms with Gasteiger partial charge < -0.3 is 10.2 Å².